The second kappa shape index (κ2) is 10.3. The van der Waals surface area contributed by atoms with Crippen LogP contribution in [0.2, 0.25) is 0 Å². The minimum absolute atomic E-state index is 0.0535. The van der Waals surface area contributed by atoms with Crippen molar-refractivity contribution < 1.29 is 27.5 Å². The van der Waals surface area contributed by atoms with E-state index >= 15 is 0 Å². The molecular formula is C23H21F3N6O5S. The van der Waals surface area contributed by atoms with E-state index in [-0.39, 0.29) is 35.6 Å². The van der Waals surface area contributed by atoms with Gasteiger partial charge in [-0.25, -0.2) is 9.78 Å². The summed E-state index contributed by atoms with van der Waals surface area (Å²) < 4.78 is 47.0. The minimum Gasteiger partial charge on any atom is -0.377 e. The summed E-state index contributed by atoms with van der Waals surface area (Å²) in [5.41, 5.74) is -1.75. The van der Waals surface area contributed by atoms with Gasteiger partial charge in [0.05, 0.1) is 12.1 Å². The number of Topliss-reactive ketones (excluding diaryl/α,β-unsaturated/α-hetero) is 1. The molecule has 11 nitrogen and oxygen atoms in total. The Balaban J connectivity index is 1.55. The number of nitrogens with zero attached hydrogens (tertiary/aromatic N) is 5. The fourth-order valence-corrected chi connectivity index (χ4v) is 4.64. The zero-order valence-electron chi connectivity index (χ0n) is 20.3. The molecule has 4 heterocycles. The molecule has 1 amide bonds. The van der Waals surface area contributed by atoms with Gasteiger partial charge < -0.3 is 14.6 Å². The summed E-state index contributed by atoms with van der Waals surface area (Å²) in [4.78, 5) is 58.1. The van der Waals surface area contributed by atoms with Gasteiger partial charge in [0.2, 0.25) is 5.91 Å². The Morgan fingerprint density at radius 2 is 1.95 bits per heavy atom. The quantitative estimate of drug-likeness (QED) is 0.356. The number of ether oxygens (including phenoxy) is 1. The normalized spacial score (nSPS) is 11.7. The Kier molecular flexibility index (Phi) is 7.33. The van der Waals surface area contributed by atoms with Gasteiger partial charge in [-0.1, -0.05) is 0 Å². The number of aryl methyl sites for hydroxylation is 2. The summed E-state index contributed by atoms with van der Waals surface area (Å²) in [5, 5.41) is 4.46. The van der Waals surface area contributed by atoms with E-state index in [4.69, 9.17) is 4.74 Å². The van der Waals surface area contributed by atoms with E-state index < -0.39 is 41.4 Å². The SMILES string of the molecule is COCC(=O)Cn1c(=O)c2c(ccn2CC(=O)Nc2csc(-c3cnc(C(F)(F)F)c(C)c3)n2)n(C)c1=O. The number of hydrogen-bond donors (Lipinski definition) is 1. The Morgan fingerprint density at radius 3 is 2.61 bits per heavy atom. The third kappa shape index (κ3) is 5.28. The van der Waals surface area contributed by atoms with Gasteiger partial charge in [0, 0.05) is 37.5 Å². The zero-order valence-corrected chi connectivity index (χ0v) is 21.1. The lowest BCUT2D eigenvalue weighted by Crippen LogP contribution is -2.41. The molecule has 0 radical (unpaired) electrons. The van der Waals surface area contributed by atoms with E-state index in [0.29, 0.717) is 10.6 Å². The number of carbonyl (C=O) groups excluding carboxylic acids is 2. The van der Waals surface area contributed by atoms with Gasteiger partial charge >= 0.3 is 11.9 Å². The van der Waals surface area contributed by atoms with Gasteiger partial charge in [0.1, 0.15) is 35.2 Å². The monoisotopic (exact) mass is 550 g/mol. The highest BCUT2D eigenvalue weighted by molar-refractivity contribution is 7.13. The van der Waals surface area contributed by atoms with Crippen LogP contribution in [-0.2, 0) is 40.6 Å². The molecule has 1 N–H and O–H groups in total. The molecular weight excluding hydrogens is 529 g/mol. The summed E-state index contributed by atoms with van der Waals surface area (Å²) in [5.74, 6) is -0.852. The molecule has 0 aliphatic carbocycles. The molecule has 0 unspecified atom stereocenters. The molecule has 0 saturated carbocycles. The Bertz CT molecular complexity index is 1670. The summed E-state index contributed by atoms with van der Waals surface area (Å²) >= 11 is 1.11. The van der Waals surface area contributed by atoms with E-state index in [0.717, 1.165) is 22.1 Å². The first-order valence-electron chi connectivity index (χ1n) is 11.0. The number of anilines is 1. The number of halogens is 3. The number of nitrogens with one attached hydrogen (secondary N) is 1. The predicted octanol–water partition coefficient (Wildman–Crippen LogP) is 2.20. The van der Waals surface area contributed by atoms with Crippen LogP contribution in [0.4, 0.5) is 19.0 Å². The first-order valence-corrected chi connectivity index (χ1v) is 11.9. The molecule has 4 aromatic rings. The number of rotatable bonds is 8. The molecule has 38 heavy (non-hydrogen) atoms. The summed E-state index contributed by atoms with van der Waals surface area (Å²) in [6, 6.07) is 2.83. The molecule has 0 bridgehead atoms. The standard InChI is InChI=1S/C23H21F3N6O5S/c1-12-6-13(7-27-19(12)23(24,25)26)20-29-16(11-38-20)28-17(34)9-31-5-4-15-18(31)21(35)32(22(36)30(15)2)8-14(33)10-37-3/h4-7,11H,8-10H2,1-3H3,(H,28,34). The number of carbonyl (C=O) groups is 2. The first kappa shape index (κ1) is 26.9. The fraction of sp³-hybridized carbons (Fsp3) is 0.304. The van der Waals surface area contributed by atoms with Crippen molar-refractivity contribution in [3.8, 4) is 10.6 Å². The molecule has 4 rings (SSSR count). The number of hydrogen-bond acceptors (Lipinski definition) is 8. The van der Waals surface area contributed by atoms with Crippen molar-refractivity contribution in [1.82, 2.24) is 23.7 Å². The van der Waals surface area contributed by atoms with Gasteiger partial charge in [-0.15, -0.1) is 11.3 Å². The Hall–Kier alpha value is -4.11. The van der Waals surface area contributed by atoms with Gasteiger partial charge in [0.25, 0.3) is 5.56 Å². The lowest BCUT2D eigenvalue weighted by atomic mass is 10.1. The van der Waals surface area contributed by atoms with Crippen LogP contribution >= 0.6 is 11.3 Å². The molecule has 15 heteroatoms. The number of amides is 1. The summed E-state index contributed by atoms with van der Waals surface area (Å²) in [6.45, 7) is 0.242. The Morgan fingerprint density at radius 1 is 1.21 bits per heavy atom. The number of methoxy groups -OCH3 is 1. The first-order chi connectivity index (χ1) is 17.9. The maximum atomic E-state index is 13.1. The molecule has 0 aliphatic heterocycles. The van der Waals surface area contributed by atoms with Gasteiger partial charge in [-0.05, 0) is 24.6 Å². The molecule has 0 saturated heterocycles. The lowest BCUT2D eigenvalue weighted by Gasteiger charge is -2.10. The molecule has 0 atom stereocenters. The molecule has 4 aromatic heterocycles. The average molecular weight is 551 g/mol. The van der Waals surface area contributed by atoms with Crippen molar-refractivity contribution in [2.45, 2.75) is 26.2 Å². The van der Waals surface area contributed by atoms with E-state index in [1.807, 2.05) is 0 Å². The van der Waals surface area contributed by atoms with Crippen LogP contribution in [0.25, 0.3) is 21.6 Å². The van der Waals surface area contributed by atoms with E-state index in [1.54, 1.807) is 0 Å². The van der Waals surface area contributed by atoms with Crippen LogP contribution in [-0.4, -0.2) is 49.1 Å². The third-order valence-electron chi connectivity index (χ3n) is 5.59. The lowest BCUT2D eigenvalue weighted by molar-refractivity contribution is -0.141. The van der Waals surface area contributed by atoms with Crippen LogP contribution in [0.1, 0.15) is 11.3 Å². The number of ketones is 1. The Labute approximate surface area is 216 Å². The van der Waals surface area contributed by atoms with E-state index in [9.17, 15) is 32.3 Å². The predicted molar refractivity (Wildman–Crippen MR) is 132 cm³/mol. The van der Waals surface area contributed by atoms with Crippen molar-refractivity contribution in [3.63, 3.8) is 0 Å². The largest absolute Gasteiger partial charge is 0.433 e. The number of fused-ring (bicyclic) bond motifs is 1. The van der Waals surface area contributed by atoms with Gasteiger partial charge in [-0.3, -0.25) is 28.5 Å². The zero-order chi connectivity index (χ0) is 27.8. The van der Waals surface area contributed by atoms with E-state index in [2.05, 4.69) is 15.3 Å². The highest BCUT2D eigenvalue weighted by Crippen LogP contribution is 2.33. The van der Waals surface area contributed by atoms with Gasteiger partial charge in [0.15, 0.2) is 5.78 Å². The summed E-state index contributed by atoms with van der Waals surface area (Å²) in [7, 11) is 2.76. The van der Waals surface area contributed by atoms with Crippen molar-refractivity contribution in [2.24, 2.45) is 7.05 Å². The molecule has 0 fully saturated rings. The highest BCUT2D eigenvalue weighted by Gasteiger charge is 2.34. The highest BCUT2D eigenvalue weighted by atomic mass is 32.1. The maximum absolute atomic E-state index is 13.1. The molecule has 0 aromatic carbocycles. The van der Waals surface area contributed by atoms with Crippen LogP contribution in [0, 0.1) is 6.92 Å². The van der Waals surface area contributed by atoms with Crippen LogP contribution in [0.3, 0.4) is 0 Å². The number of alkyl halides is 3. The average Bonchev–Trinajstić information content (AvgIpc) is 3.47. The topological polar surface area (TPSA) is 130 Å². The number of pyridine rings is 1. The molecule has 200 valence electrons. The van der Waals surface area contributed by atoms with Crippen LogP contribution in [0.15, 0.2) is 39.5 Å². The van der Waals surface area contributed by atoms with Crippen molar-refractivity contribution >= 4 is 39.9 Å². The van der Waals surface area contributed by atoms with Crippen molar-refractivity contribution in [1.29, 1.82) is 0 Å². The minimum atomic E-state index is -4.57. The second-order valence-corrected chi connectivity index (χ2v) is 9.21. The number of aromatic nitrogens is 5. The van der Waals surface area contributed by atoms with Crippen LogP contribution in [0.5, 0.6) is 0 Å². The molecule has 0 aliphatic rings. The third-order valence-corrected chi connectivity index (χ3v) is 6.48. The van der Waals surface area contributed by atoms with Crippen LogP contribution < -0.4 is 16.6 Å². The fourth-order valence-electron chi connectivity index (χ4n) is 3.91. The number of thiazole rings is 1. The van der Waals surface area contributed by atoms with Crippen molar-refractivity contribution in [3.05, 3.63) is 62.0 Å². The molecule has 0 spiro atoms. The van der Waals surface area contributed by atoms with Gasteiger partial charge in [-0.2, -0.15) is 13.2 Å². The smallest absolute Gasteiger partial charge is 0.377 e. The maximum Gasteiger partial charge on any atom is 0.433 e. The van der Waals surface area contributed by atoms with E-state index in [1.165, 1.54) is 53.9 Å². The second-order valence-electron chi connectivity index (χ2n) is 8.36. The summed E-state index contributed by atoms with van der Waals surface area (Å²) in [6.07, 6.45) is -2.03. The van der Waals surface area contributed by atoms with Crippen molar-refractivity contribution in [2.75, 3.05) is 19.0 Å².